The fraction of sp³-hybridized carbons (Fsp3) is 0.873. The van der Waals surface area contributed by atoms with Crippen molar-refractivity contribution in [1.82, 2.24) is 5.32 Å². The minimum absolute atomic E-state index is 0.380. The Hall–Kier alpha value is -1.69. The molecule has 5 nitrogen and oxygen atoms in total. The minimum Gasteiger partial charge on any atom is -0.394 e. The van der Waals surface area contributed by atoms with E-state index in [0.29, 0.717) is 6.42 Å². The number of carbonyl (C=O) groups is 1. The van der Waals surface area contributed by atoms with Gasteiger partial charge in [0.1, 0.15) is 6.10 Å². The number of carbonyl (C=O) groups excluding carboxylic acids is 1. The lowest BCUT2D eigenvalue weighted by Gasteiger charge is -2.21. The van der Waals surface area contributed by atoms with Crippen LogP contribution in [0, 0.1) is 0 Å². The van der Waals surface area contributed by atoms with Crippen molar-refractivity contribution in [3.05, 3.63) is 48.6 Å². The summed E-state index contributed by atoms with van der Waals surface area (Å²) in [5, 5.41) is 33.5. The van der Waals surface area contributed by atoms with Crippen LogP contribution in [0.4, 0.5) is 0 Å². The van der Waals surface area contributed by atoms with E-state index in [1.807, 2.05) is 6.08 Å². The standard InChI is InChI=1S/C71H135NO4/c1-3-5-7-9-11-13-15-17-19-21-23-25-27-29-30-31-32-33-34-35-36-37-38-39-40-41-42-44-46-48-50-52-54-56-58-60-62-64-66-70(75)71(76)72-68(67-73)69(74)65-63-61-59-57-55-53-51-49-47-45-43-28-26-24-22-20-18-16-14-12-10-8-6-4-2/h35-36,47,49,55,57,63,65,68-70,73-75H,3-34,37-46,48,50-54,56,58-62,64,66-67H2,1-2H3,(H,72,76)/b36-35-,49-47+,57-55+,65-63+. The summed E-state index contributed by atoms with van der Waals surface area (Å²) >= 11 is 0. The summed E-state index contributed by atoms with van der Waals surface area (Å²) in [4.78, 5) is 12.6. The normalized spacial score (nSPS) is 13.4. The van der Waals surface area contributed by atoms with Crippen LogP contribution in [0.15, 0.2) is 48.6 Å². The third-order valence-electron chi connectivity index (χ3n) is 16.1. The van der Waals surface area contributed by atoms with Gasteiger partial charge in [0, 0.05) is 0 Å². The predicted molar refractivity (Wildman–Crippen MR) is 337 cm³/mol. The van der Waals surface area contributed by atoms with Gasteiger partial charge < -0.3 is 20.6 Å². The summed E-state index contributed by atoms with van der Waals surface area (Å²) in [6, 6.07) is -0.823. The van der Waals surface area contributed by atoms with Crippen LogP contribution in [0.2, 0.25) is 0 Å². The molecule has 0 saturated heterocycles. The number of allylic oxidation sites excluding steroid dienone is 7. The van der Waals surface area contributed by atoms with Crippen molar-refractivity contribution in [1.29, 1.82) is 0 Å². The molecule has 76 heavy (non-hydrogen) atoms. The molecule has 0 aromatic heterocycles. The molecule has 1 amide bonds. The van der Waals surface area contributed by atoms with Crippen LogP contribution in [-0.2, 0) is 4.79 Å². The summed E-state index contributed by atoms with van der Waals surface area (Å²) < 4.78 is 0. The molecule has 0 spiro atoms. The summed E-state index contributed by atoms with van der Waals surface area (Å²) in [5.41, 5.74) is 0. The fourth-order valence-corrected chi connectivity index (χ4v) is 10.8. The Kier molecular flexibility index (Phi) is 64.4. The van der Waals surface area contributed by atoms with E-state index >= 15 is 0 Å². The highest BCUT2D eigenvalue weighted by molar-refractivity contribution is 5.80. The number of unbranched alkanes of at least 4 members (excludes halogenated alkanes) is 50. The third kappa shape index (κ3) is 60.0. The Morgan fingerprint density at radius 3 is 0.803 bits per heavy atom. The smallest absolute Gasteiger partial charge is 0.249 e. The molecule has 448 valence electrons. The lowest BCUT2D eigenvalue weighted by Crippen LogP contribution is -2.48. The molecule has 0 aromatic carbocycles. The summed E-state index contributed by atoms with van der Waals surface area (Å²) in [6.45, 7) is 4.21. The second kappa shape index (κ2) is 65.8. The molecule has 0 fully saturated rings. The largest absolute Gasteiger partial charge is 0.394 e. The molecule has 4 N–H and O–H groups in total. The molecule has 0 aliphatic heterocycles. The van der Waals surface area contributed by atoms with E-state index in [2.05, 4.69) is 55.6 Å². The lowest BCUT2D eigenvalue weighted by molar-refractivity contribution is -0.131. The maximum Gasteiger partial charge on any atom is 0.249 e. The highest BCUT2D eigenvalue weighted by atomic mass is 16.3. The van der Waals surface area contributed by atoms with Gasteiger partial charge in [0.2, 0.25) is 5.91 Å². The van der Waals surface area contributed by atoms with E-state index in [1.54, 1.807) is 6.08 Å². The Morgan fingerprint density at radius 1 is 0.316 bits per heavy atom. The van der Waals surface area contributed by atoms with Crippen LogP contribution in [0.25, 0.3) is 0 Å². The van der Waals surface area contributed by atoms with Crippen LogP contribution >= 0.6 is 0 Å². The molecular weight excluding hydrogens is 931 g/mol. The van der Waals surface area contributed by atoms with Gasteiger partial charge in [-0.15, -0.1) is 0 Å². The zero-order valence-electron chi connectivity index (χ0n) is 51.4. The van der Waals surface area contributed by atoms with Gasteiger partial charge >= 0.3 is 0 Å². The fourth-order valence-electron chi connectivity index (χ4n) is 10.8. The van der Waals surface area contributed by atoms with E-state index < -0.39 is 24.2 Å². The topological polar surface area (TPSA) is 89.8 Å². The molecule has 0 radical (unpaired) electrons. The number of rotatable bonds is 64. The van der Waals surface area contributed by atoms with Crippen molar-refractivity contribution < 1.29 is 20.1 Å². The van der Waals surface area contributed by atoms with E-state index in [4.69, 9.17) is 0 Å². The van der Waals surface area contributed by atoms with Gasteiger partial charge in [0.25, 0.3) is 0 Å². The first-order chi connectivity index (χ1) is 37.6. The first kappa shape index (κ1) is 74.3. The summed E-state index contributed by atoms with van der Waals surface area (Å²) in [6.07, 6.45) is 89.7. The molecule has 3 unspecified atom stereocenters. The van der Waals surface area contributed by atoms with Gasteiger partial charge in [-0.3, -0.25) is 4.79 Å². The molecule has 0 aromatic rings. The summed E-state index contributed by atoms with van der Waals surface area (Å²) in [5.74, 6) is -0.512. The number of amides is 1. The maximum atomic E-state index is 12.6. The lowest BCUT2D eigenvalue weighted by atomic mass is 10.0. The molecule has 0 heterocycles. The van der Waals surface area contributed by atoms with Crippen molar-refractivity contribution >= 4 is 5.91 Å². The van der Waals surface area contributed by atoms with Crippen LogP contribution in [0.1, 0.15) is 373 Å². The van der Waals surface area contributed by atoms with Crippen molar-refractivity contribution in [2.45, 2.75) is 392 Å². The molecule has 0 saturated carbocycles. The highest BCUT2D eigenvalue weighted by Crippen LogP contribution is 2.18. The Balaban J connectivity index is 3.52. The number of aliphatic hydroxyl groups excluding tert-OH is 3. The van der Waals surface area contributed by atoms with Gasteiger partial charge in [-0.25, -0.2) is 0 Å². The molecular formula is C71H135NO4. The average Bonchev–Trinajstić information content (AvgIpc) is 3.42. The van der Waals surface area contributed by atoms with E-state index in [9.17, 15) is 20.1 Å². The minimum atomic E-state index is -1.11. The second-order valence-electron chi connectivity index (χ2n) is 23.7. The van der Waals surface area contributed by atoms with Crippen molar-refractivity contribution in [3.63, 3.8) is 0 Å². The van der Waals surface area contributed by atoms with Crippen LogP contribution in [-0.4, -0.2) is 46.1 Å². The van der Waals surface area contributed by atoms with Gasteiger partial charge in [0.05, 0.1) is 18.8 Å². The zero-order chi connectivity index (χ0) is 55.0. The number of nitrogens with one attached hydrogen (secondary N) is 1. The van der Waals surface area contributed by atoms with Crippen LogP contribution in [0.5, 0.6) is 0 Å². The Labute approximate surface area is 476 Å². The second-order valence-corrected chi connectivity index (χ2v) is 23.7. The van der Waals surface area contributed by atoms with Gasteiger partial charge in [-0.2, -0.15) is 0 Å². The third-order valence-corrected chi connectivity index (χ3v) is 16.1. The maximum absolute atomic E-state index is 12.6. The first-order valence-electron chi connectivity index (χ1n) is 34.5. The first-order valence-corrected chi connectivity index (χ1v) is 34.5. The molecule has 5 heteroatoms. The van der Waals surface area contributed by atoms with Gasteiger partial charge in [-0.1, -0.05) is 351 Å². The highest BCUT2D eigenvalue weighted by Gasteiger charge is 2.22. The van der Waals surface area contributed by atoms with E-state index in [1.165, 1.54) is 308 Å². The summed E-state index contributed by atoms with van der Waals surface area (Å²) in [7, 11) is 0. The van der Waals surface area contributed by atoms with E-state index in [-0.39, 0.29) is 6.61 Å². The number of hydrogen-bond acceptors (Lipinski definition) is 4. The zero-order valence-corrected chi connectivity index (χ0v) is 51.4. The average molecular weight is 1070 g/mol. The monoisotopic (exact) mass is 1070 g/mol. The quantitative estimate of drug-likeness (QED) is 0.0361. The number of hydrogen-bond donors (Lipinski definition) is 4. The number of aliphatic hydroxyl groups is 3. The molecule has 3 atom stereocenters. The Bertz CT molecular complexity index is 1230. The molecule has 0 aliphatic rings. The van der Waals surface area contributed by atoms with Crippen LogP contribution in [0.3, 0.4) is 0 Å². The predicted octanol–water partition coefficient (Wildman–Crippen LogP) is 22.3. The molecule has 0 aliphatic carbocycles. The molecule has 0 rings (SSSR count). The van der Waals surface area contributed by atoms with Crippen LogP contribution < -0.4 is 5.32 Å². The van der Waals surface area contributed by atoms with Gasteiger partial charge in [0.15, 0.2) is 0 Å². The SMILES string of the molecule is CCCCCCCCCCCCCCCC/C=C/CC/C=C/CC/C=C/C(O)C(CO)NC(=O)C(O)CCCCCCCCCCCCCCCCCC/C=C\CCCCCCCCCCCCCCCCCCCC. The van der Waals surface area contributed by atoms with Crippen molar-refractivity contribution in [3.8, 4) is 0 Å². The Morgan fingerprint density at radius 2 is 0.539 bits per heavy atom. The molecule has 0 bridgehead atoms. The van der Waals surface area contributed by atoms with E-state index in [0.717, 1.165) is 44.9 Å². The van der Waals surface area contributed by atoms with Crippen molar-refractivity contribution in [2.24, 2.45) is 0 Å². The van der Waals surface area contributed by atoms with Gasteiger partial charge in [-0.05, 0) is 70.6 Å². The van der Waals surface area contributed by atoms with Crippen molar-refractivity contribution in [2.75, 3.05) is 6.61 Å².